The molecule has 0 aromatic heterocycles. The molecule has 0 spiro atoms. The fourth-order valence-electron chi connectivity index (χ4n) is 0.593. The van der Waals surface area contributed by atoms with Crippen molar-refractivity contribution in [2.75, 3.05) is 14.1 Å². The predicted molar refractivity (Wildman–Crippen MR) is 37.8 cm³/mol. The molecule has 0 heterocycles. The van der Waals surface area contributed by atoms with Crippen molar-refractivity contribution in [2.24, 2.45) is 0 Å². The van der Waals surface area contributed by atoms with Crippen LogP contribution >= 0.6 is 0 Å². The molecule has 0 unspecified atom stereocenters. The largest absolute Gasteiger partial charge is 1.00 e. The first-order valence-corrected chi connectivity index (χ1v) is 3.28. The molecular weight excluding hydrogens is 207 g/mol. The van der Waals surface area contributed by atoms with E-state index in [1.807, 2.05) is 0 Å². The number of Topliss-reactive ketones (excluding diaryl/α,β-unsaturated/α-hetero) is 1. The molecule has 0 aromatic carbocycles. The van der Waals surface area contributed by atoms with Crippen molar-refractivity contribution in [2.45, 2.75) is 6.43 Å². The Kier molecular flexibility index (Phi) is 7.90. The van der Waals surface area contributed by atoms with E-state index in [-0.39, 0.29) is 29.6 Å². The van der Waals surface area contributed by atoms with Crippen LogP contribution in [0.15, 0.2) is 11.8 Å². The number of aliphatic carboxylic acids is 1. The summed E-state index contributed by atoms with van der Waals surface area (Å²) < 4.78 is 23.6. The average molecular weight is 215 g/mol. The fourth-order valence-corrected chi connectivity index (χ4v) is 0.593. The van der Waals surface area contributed by atoms with E-state index >= 15 is 0 Å². The Bertz CT molecular complexity index is 253. The van der Waals surface area contributed by atoms with E-state index in [1.54, 1.807) is 0 Å². The van der Waals surface area contributed by atoms with Gasteiger partial charge in [0, 0.05) is 20.3 Å². The molecule has 0 aliphatic carbocycles. The van der Waals surface area contributed by atoms with Crippen molar-refractivity contribution in [3.63, 3.8) is 0 Å². The van der Waals surface area contributed by atoms with Crippen molar-refractivity contribution in [1.82, 2.24) is 4.90 Å². The molecule has 0 N–H and O–H groups in total. The van der Waals surface area contributed by atoms with Gasteiger partial charge in [0.2, 0.25) is 5.78 Å². The number of hydrogen-bond acceptors (Lipinski definition) is 4. The van der Waals surface area contributed by atoms with E-state index in [1.165, 1.54) is 19.0 Å². The predicted octanol–water partition coefficient (Wildman–Crippen LogP) is -3.98. The molecule has 14 heavy (non-hydrogen) atoms. The van der Waals surface area contributed by atoms with Crippen molar-refractivity contribution in [1.29, 1.82) is 0 Å². The van der Waals surface area contributed by atoms with Crippen LogP contribution in [0.25, 0.3) is 0 Å². The van der Waals surface area contributed by atoms with Gasteiger partial charge in [-0.1, -0.05) is 0 Å². The van der Waals surface area contributed by atoms with E-state index < -0.39 is 23.8 Å². The van der Waals surface area contributed by atoms with Crippen molar-refractivity contribution >= 4 is 11.8 Å². The number of alkyl halides is 2. The summed E-state index contributed by atoms with van der Waals surface area (Å²) >= 11 is 0. The molecule has 74 valence electrons. The van der Waals surface area contributed by atoms with E-state index in [9.17, 15) is 23.5 Å². The summed E-state index contributed by atoms with van der Waals surface area (Å²) in [6.07, 6.45) is -2.55. The van der Waals surface area contributed by atoms with Crippen molar-refractivity contribution < 1.29 is 53.0 Å². The summed E-state index contributed by atoms with van der Waals surface area (Å²) in [5, 5.41) is 10.2. The normalized spacial score (nSPS) is 10.8. The number of carbonyl (C=O) groups is 2. The maximum absolute atomic E-state index is 11.8. The standard InChI is InChI=1S/C7H9F2NO3.Na/c1-10(2)3-4(7(12)13)5(11)6(8)9;/h3,6H,1-2H3,(H,12,13);/q;+1/p-1. The Labute approximate surface area is 102 Å². The third kappa shape index (κ3) is 5.31. The monoisotopic (exact) mass is 215 g/mol. The second-order valence-corrected chi connectivity index (χ2v) is 2.46. The van der Waals surface area contributed by atoms with Gasteiger partial charge < -0.3 is 14.8 Å². The van der Waals surface area contributed by atoms with Crippen LogP contribution in [0.1, 0.15) is 0 Å². The Hall–Kier alpha value is -0.460. The SMILES string of the molecule is CN(C)C=C(C(=O)[O-])C(=O)C(F)F.[Na+]. The third-order valence-corrected chi connectivity index (χ3v) is 1.07. The molecule has 7 heteroatoms. The topological polar surface area (TPSA) is 60.4 Å². The van der Waals surface area contributed by atoms with Crippen LogP contribution in [0, 0.1) is 0 Å². The van der Waals surface area contributed by atoms with Crippen LogP contribution in [0.5, 0.6) is 0 Å². The van der Waals surface area contributed by atoms with Gasteiger partial charge in [-0.05, 0) is 0 Å². The minimum Gasteiger partial charge on any atom is -0.545 e. The second-order valence-electron chi connectivity index (χ2n) is 2.46. The summed E-state index contributed by atoms with van der Waals surface area (Å²) in [5.41, 5.74) is -1.03. The Morgan fingerprint density at radius 2 is 1.79 bits per heavy atom. The van der Waals surface area contributed by atoms with Crippen LogP contribution < -0.4 is 34.7 Å². The molecule has 0 fully saturated rings. The Balaban J connectivity index is 0. The maximum atomic E-state index is 11.8. The van der Waals surface area contributed by atoms with E-state index in [4.69, 9.17) is 0 Å². The minimum absolute atomic E-state index is 0. The van der Waals surface area contributed by atoms with Crippen LogP contribution in [-0.4, -0.2) is 37.2 Å². The first-order valence-electron chi connectivity index (χ1n) is 3.28. The number of carboxylic acids is 1. The molecule has 0 amide bonds. The first kappa shape index (κ1) is 16.0. The van der Waals surface area contributed by atoms with E-state index in [0.717, 1.165) is 6.20 Å². The molecule has 0 radical (unpaired) electrons. The zero-order chi connectivity index (χ0) is 10.6. The molecule has 0 atom stereocenters. The number of ketones is 1. The van der Waals surface area contributed by atoms with Gasteiger partial charge in [0.1, 0.15) is 0 Å². The molecular formula is C7H8F2NNaO3. The number of rotatable bonds is 4. The molecule has 0 saturated heterocycles. The van der Waals surface area contributed by atoms with E-state index in [2.05, 4.69) is 0 Å². The fraction of sp³-hybridized carbons (Fsp3) is 0.429. The van der Waals surface area contributed by atoms with Crippen LogP contribution in [0.2, 0.25) is 0 Å². The zero-order valence-corrected chi connectivity index (χ0v) is 10.1. The van der Waals surface area contributed by atoms with Gasteiger partial charge in [0.25, 0.3) is 0 Å². The Morgan fingerprint density at radius 1 is 1.36 bits per heavy atom. The summed E-state index contributed by atoms with van der Waals surface area (Å²) in [6.45, 7) is 0. The van der Waals surface area contributed by atoms with Gasteiger partial charge in [-0.2, -0.15) is 0 Å². The number of hydrogen-bond donors (Lipinski definition) is 0. The maximum Gasteiger partial charge on any atom is 1.00 e. The van der Waals surface area contributed by atoms with Gasteiger partial charge in [0.05, 0.1) is 11.5 Å². The molecule has 0 aliphatic rings. The summed E-state index contributed by atoms with van der Waals surface area (Å²) in [5.74, 6) is -3.65. The number of halogens is 2. The molecule has 0 saturated carbocycles. The quantitative estimate of drug-likeness (QED) is 0.208. The molecule has 0 bridgehead atoms. The molecule has 4 nitrogen and oxygen atoms in total. The summed E-state index contributed by atoms with van der Waals surface area (Å²) in [4.78, 5) is 21.9. The van der Waals surface area contributed by atoms with Crippen molar-refractivity contribution in [3.05, 3.63) is 11.8 Å². The van der Waals surface area contributed by atoms with Crippen molar-refractivity contribution in [3.8, 4) is 0 Å². The Morgan fingerprint density at radius 3 is 2.00 bits per heavy atom. The summed E-state index contributed by atoms with van der Waals surface area (Å²) in [6, 6.07) is 0. The second kappa shape index (κ2) is 6.92. The van der Waals surface area contributed by atoms with Crippen LogP contribution in [0.3, 0.4) is 0 Å². The smallest absolute Gasteiger partial charge is 0.545 e. The number of nitrogens with zero attached hydrogens (tertiary/aromatic N) is 1. The van der Waals surface area contributed by atoms with Gasteiger partial charge in [-0.25, -0.2) is 8.78 Å². The van der Waals surface area contributed by atoms with Gasteiger partial charge in [-0.15, -0.1) is 0 Å². The van der Waals surface area contributed by atoms with E-state index in [0.29, 0.717) is 0 Å². The zero-order valence-electron chi connectivity index (χ0n) is 8.08. The molecule has 0 rings (SSSR count). The average Bonchev–Trinajstić information content (AvgIpc) is 1.97. The van der Waals surface area contributed by atoms with Gasteiger partial charge in [0.15, 0.2) is 0 Å². The molecule has 0 aliphatic heterocycles. The summed E-state index contributed by atoms with van der Waals surface area (Å²) in [7, 11) is 2.81. The van der Waals surface area contributed by atoms with Crippen LogP contribution in [0.4, 0.5) is 8.78 Å². The van der Waals surface area contributed by atoms with Crippen LogP contribution in [-0.2, 0) is 9.59 Å². The number of carbonyl (C=O) groups excluding carboxylic acids is 2. The minimum atomic E-state index is -3.33. The first-order chi connectivity index (χ1) is 5.86. The number of carboxylic acid groups (broad SMARTS) is 1. The molecule has 0 aromatic rings. The van der Waals surface area contributed by atoms with Gasteiger partial charge in [-0.3, -0.25) is 4.79 Å². The third-order valence-electron chi connectivity index (χ3n) is 1.07. The van der Waals surface area contributed by atoms with Gasteiger partial charge >= 0.3 is 36.0 Å².